The molecule has 2 rings (SSSR count). The first-order valence-corrected chi connectivity index (χ1v) is 12.7. The molecule has 1 saturated carbocycles. The maximum Gasteiger partial charge on any atom is 0.303 e. The number of aliphatic carboxylic acids is 1. The van der Waals surface area contributed by atoms with Gasteiger partial charge in [0.15, 0.2) is 0 Å². The van der Waals surface area contributed by atoms with Crippen LogP contribution in [-0.2, 0) is 11.2 Å². The standard InChI is InChI=1S/C24H34BBrO4S/c1-15-22(31-16(2)24(15)26)12-10-18(27)9-11-19-17(14-25)13-21(28)20(19)7-5-3-4-6-8-23(29)30/h3,5,9,11,17-21,27-28H,4,6-8,10,12-14H2,1-2H3,(H,29,30)/t17-,18+,19-,20+,21?/m0/s1. The molecule has 170 valence electrons. The molecule has 1 aliphatic carbocycles. The Balaban J connectivity index is 1.91. The summed E-state index contributed by atoms with van der Waals surface area (Å²) in [6.45, 7) is 4.21. The van der Waals surface area contributed by atoms with Gasteiger partial charge in [0.25, 0.3) is 0 Å². The van der Waals surface area contributed by atoms with Crippen LogP contribution in [0.25, 0.3) is 0 Å². The molecular formula is C24H34BBrO4S. The van der Waals surface area contributed by atoms with Crippen molar-refractivity contribution in [2.24, 2.45) is 17.8 Å². The van der Waals surface area contributed by atoms with E-state index >= 15 is 0 Å². The van der Waals surface area contributed by atoms with Gasteiger partial charge in [0.1, 0.15) is 0 Å². The zero-order valence-corrected chi connectivity index (χ0v) is 20.9. The van der Waals surface area contributed by atoms with Crippen LogP contribution in [0.5, 0.6) is 0 Å². The minimum atomic E-state index is -0.772. The third kappa shape index (κ3) is 7.88. The van der Waals surface area contributed by atoms with E-state index in [2.05, 4.69) is 35.9 Å². The highest BCUT2D eigenvalue weighted by Gasteiger charge is 2.39. The molecule has 1 heterocycles. The fraction of sp³-hybridized carbons (Fsp3) is 0.625. The van der Waals surface area contributed by atoms with Crippen LogP contribution >= 0.6 is 27.3 Å². The molecule has 7 heteroatoms. The van der Waals surface area contributed by atoms with Crippen LogP contribution in [0.15, 0.2) is 28.8 Å². The SMILES string of the molecule is [B]C[C@@H]1CC(O)[C@H](CC=CCCCC(=O)O)[C@H]1C=C[C@@H](O)CCc1sc(C)c(Br)c1C. The summed E-state index contributed by atoms with van der Waals surface area (Å²) in [7, 11) is 5.96. The molecule has 2 radical (unpaired) electrons. The summed E-state index contributed by atoms with van der Waals surface area (Å²) < 4.78 is 1.17. The van der Waals surface area contributed by atoms with Crippen LogP contribution in [-0.4, -0.2) is 41.3 Å². The molecule has 31 heavy (non-hydrogen) atoms. The van der Waals surface area contributed by atoms with Crippen molar-refractivity contribution in [1.82, 2.24) is 0 Å². The predicted octanol–water partition coefficient (Wildman–Crippen LogP) is 5.38. The van der Waals surface area contributed by atoms with Gasteiger partial charge in [0.2, 0.25) is 0 Å². The number of aliphatic hydroxyl groups excluding tert-OH is 2. The molecule has 5 atom stereocenters. The Kier molecular flexibility index (Phi) is 11.0. The first kappa shape index (κ1) is 26.4. The van der Waals surface area contributed by atoms with E-state index in [1.165, 1.54) is 19.8 Å². The highest BCUT2D eigenvalue weighted by molar-refractivity contribution is 9.10. The van der Waals surface area contributed by atoms with Crippen molar-refractivity contribution in [3.8, 4) is 0 Å². The van der Waals surface area contributed by atoms with E-state index in [1.807, 2.05) is 18.2 Å². The van der Waals surface area contributed by atoms with Gasteiger partial charge < -0.3 is 15.3 Å². The molecule has 4 nitrogen and oxygen atoms in total. The Labute approximate surface area is 200 Å². The maximum atomic E-state index is 10.6. The van der Waals surface area contributed by atoms with E-state index in [0.29, 0.717) is 25.6 Å². The number of carboxylic acid groups (broad SMARTS) is 1. The van der Waals surface area contributed by atoms with Gasteiger partial charge in [-0.15, -0.1) is 11.3 Å². The summed E-state index contributed by atoms with van der Waals surface area (Å²) in [5, 5.41) is 29.8. The quantitative estimate of drug-likeness (QED) is 0.201. The lowest BCUT2D eigenvalue weighted by atomic mass is 9.80. The molecule has 1 fully saturated rings. The molecule has 1 aliphatic rings. The van der Waals surface area contributed by atoms with Gasteiger partial charge in [-0.05, 0) is 91.6 Å². The van der Waals surface area contributed by atoms with Crippen molar-refractivity contribution in [1.29, 1.82) is 0 Å². The van der Waals surface area contributed by atoms with Crippen LogP contribution in [0.1, 0.15) is 53.8 Å². The molecule has 0 spiro atoms. The summed E-state index contributed by atoms with van der Waals surface area (Å²) in [5.74, 6) is -0.350. The van der Waals surface area contributed by atoms with Crippen molar-refractivity contribution in [2.45, 2.75) is 77.3 Å². The number of halogens is 1. The van der Waals surface area contributed by atoms with E-state index in [0.717, 1.165) is 19.3 Å². The summed E-state index contributed by atoms with van der Waals surface area (Å²) >= 11 is 5.39. The van der Waals surface area contributed by atoms with Crippen molar-refractivity contribution in [3.63, 3.8) is 0 Å². The Hall–Kier alpha value is -0.885. The highest BCUT2D eigenvalue weighted by Crippen LogP contribution is 2.42. The minimum absolute atomic E-state index is 0.0749. The van der Waals surface area contributed by atoms with Gasteiger partial charge in [-0.25, -0.2) is 0 Å². The van der Waals surface area contributed by atoms with E-state index in [1.54, 1.807) is 11.3 Å². The lowest BCUT2D eigenvalue weighted by Gasteiger charge is -2.21. The number of aryl methyl sites for hydroxylation is 2. The molecule has 0 aliphatic heterocycles. The molecule has 0 aromatic carbocycles. The van der Waals surface area contributed by atoms with Crippen molar-refractivity contribution in [2.75, 3.05) is 0 Å². The number of thiophene rings is 1. The molecule has 1 unspecified atom stereocenters. The molecule has 0 saturated heterocycles. The van der Waals surface area contributed by atoms with Crippen molar-refractivity contribution >= 4 is 41.1 Å². The highest BCUT2D eigenvalue weighted by atomic mass is 79.9. The molecule has 3 N–H and O–H groups in total. The number of hydrogen-bond acceptors (Lipinski definition) is 4. The second-order valence-electron chi connectivity index (χ2n) is 8.54. The molecule has 1 aromatic heterocycles. The van der Waals surface area contributed by atoms with Gasteiger partial charge in [-0.2, -0.15) is 0 Å². The summed E-state index contributed by atoms with van der Waals surface area (Å²) in [6, 6.07) is 0. The van der Waals surface area contributed by atoms with E-state index in [9.17, 15) is 15.0 Å². The average molecular weight is 509 g/mol. The Morgan fingerprint density at radius 3 is 2.71 bits per heavy atom. The number of carboxylic acids is 1. The third-order valence-electron chi connectivity index (χ3n) is 6.27. The smallest absolute Gasteiger partial charge is 0.303 e. The van der Waals surface area contributed by atoms with Gasteiger partial charge in [-0.3, -0.25) is 4.79 Å². The number of unbranched alkanes of at least 4 members (excludes halogenated alkanes) is 1. The van der Waals surface area contributed by atoms with Crippen molar-refractivity contribution < 1.29 is 20.1 Å². The van der Waals surface area contributed by atoms with Crippen molar-refractivity contribution in [3.05, 3.63) is 44.1 Å². The maximum absolute atomic E-state index is 10.6. The monoisotopic (exact) mass is 508 g/mol. The second kappa shape index (κ2) is 13.0. The number of aliphatic hydroxyl groups is 2. The zero-order chi connectivity index (χ0) is 23.0. The van der Waals surface area contributed by atoms with Gasteiger partial charge >= 0.3 is 5.97 Å². The first-order valence-electron chi connectivity index (χ1n) is 11.1. The van der Waals surface area contributed by atoms with Crippen LogP contribution in [0.4, 0.5) is 0 Å². The Bertz CT molecular complexity index is 776. The Morgan fingerprint density at radius 1 is 1.35 bits per heavy atom. The molecule has 0 bridgehead atoms. The summed E-state index contributed by atoms with van der Waals surface area (Å²) in [5.41, 5.74) is 1.26. The van der Waals surface area contributed by atoms with Crippen LogP contribution in [0.2, 0.25) is 6.32 Å². The zero-order valence-electron chi connectivity index (χ0n) is 18.5. The summed E-state index contributed by atoms with van der Waals surface area (Å²) in [4.78, 5) is 13.2. The fourth-order valence-electron chi connectivity index (χ4n) is 4.42. The van der Waals surface area contributed by atoms with E-state index in [4.69, 9.17) is 13.0 Å². The average Bonchev–Trinajstić information content (AvgIpc) is 3.17. The lowest BCUT2D eigenvalue weighted by Crippen LogP contribution is -2.19. The first-order chi connectivity index (χ1) is 14.7. The number of hydrogen-bond donors (Lipinski definition) is 3. The molecule has 1 aromatic rings. The number of allylic oxidation sites excluding steroid dienone is 3. The molecule has 0 amide bonds. The van der Waals surface area contributed by atoms with Gasteiger partial charge in [0.05, 0.1) is 20.1 Å². The van der Waals surface area contributed by atoms with Gasteiger partial charge in [0, 0.05) is 20.6 Å². The summed E-state index contributed by atoms with van der Waals surface area (Å²) in [6.07, 6.45) is 12.0. The fourth-order valence-corrected chi connectivity index (χ4v) is 6.12. The topological polar surface area (TPSA) is 77.8 Å². The number of carbonyl (C=O) groups is 1. The van der Waals surface area contributed by atoms with E-state index in [-0.39, 0.29) is 24.2 Å². The minimum Gasteiger partial charge on any atom is -0.481 e. The van der Waals surface area contributed by atoms with Crippen LogP contribution in [0.3, 0.4) is 0 Å². The number of rotatable bonds is 12. The Morgan fingerprint density at radius 2 is 2.10 bits per heavy atom. The predicted molar refractivity (Wildman–Crippen MR) is 132 cm³/mol. The molecular weight excluding hydrogens is 475 g/mol. The normalized spacial score (nSPS) is 25.1. The largest absolute Gasteiger partial charge is 0.481 e. The lowest BCUT2D eigenvalue weighted by molar-refractivity contribution is -0.137. The van der Waals surface area contributed by atoms with Crippen LogP contribution in [0, 0.1) is 31.6 Å². The van der Waals surface area contributed by atoms with Crippen LogP contribution < -0.4 is 0 Å². The van der Waals surface area contributed by atoms with Gasteiger partial charge in [-0.1, -0.05) is 30.6 Å². The third-order valence-corrected chi connectivity index (χ3v) is 8.99. The second-order valence-corrected chi connectivity index (χ2v) is 10.6. The van der Waals surface area contributed by atoms with E-state index < -0.39 is 18.2 Å².